The molecular formula is C20H32N4O. The highest BCUT2D eigenvalue weighted by molar-refractivity contribution is 5.93. The number of nitrogens with one attached hydrogen (secondary N) is 3. The molecule has 0 aromatic heterocycles. The Balaban J connectivity index is 1.83. The second-order valence-electron chi connectivity index (χ2n) is 7.51. The number of benzene rings is 1. The summed E-state index contributed by atoms with van der Waals surface area (Å²) in [4.78, 5) is 15.9. The van der Waals surface area contributed by atoms with Gasteiger partial charge in [0.05, 0.1) is 0 Å². The molecule has 1 fully saturated rings. The maximum absolute atomic E-state index is 11.6. The van der Waals surface area contributed by atoms with Gasteiger partial charge >= 0.3 is 0 Å². The molecule has 2 rings (SSSR count). The molecule has 138 valence electrons. The average Bonchev–Trinajstić information content (AvgIpc) is 2.58. The second-order valence-corrected chi connectivity index (χ2v) is 7.51. The van der Waals surface area contributed by atoms with Crippen LogP contribution in [0.3, 0.4) is 0 Å². The van der Waals surface area contributed by atoms with E-state index in [2.05, 4.69) is 34.8 Å². The van der Waals surface area contributed by atoms with E-state index in [1.165, 1.54) is 25.7 Å². The largest absolute Gasteiger partial charge is 0.356 e. The summed E-state index contributed by atoms with van der Waals surface area (Å²) in [7, 11) is 3.45. The van der Waals surface area contributed by atoms with Gasteiger partial charge in [0.25, 0.3) is 5.91 Å². The minimum Gasteiger partial charge on any atom is -0.356 e. The standard InChI is InChI=1S/C20H32N4O/c1-15(2)12-20(10-5-11-20)14-24-19(22-4)23-13-16-6-8-17(9-7-16)18(25)21-3/h6-9,15H,5,10-14H2,1-4H3,(H,21,25)(H2,22,23,24). The van der Waals surface area contributed by atoms with Crippen molar-refractivity contribution in [2.24, 2.45) is 16.3 Å². The molecule has 0 saturated heterocycles. The minimum atomic E-state index is -0.0621. The predicted octanol–water partition coefficient (Wildman–Crippen LogP) is 2.93. The summed E-state index contributed by atoms with van der Waals surface area (Å²) in [5.41, 5.74) is 2.24. The molecular weight excluding hydrogens is 312 g/mol. The molecule has 5 nitrogen and oxygen atoms in total. The highest BCUT2D eigenvalue weighted by atomic mass is 16.1. The molecule has 3 N–H and O–H groups in total. The predicted molar refractivity (Wildman–Crippen MR) is 104 cm³/mol. The van der Waals surface area contributed by atoms with Gasteiger partial charge in [0.2, 0.25) is 0 Å². The van der Waals surface area contributed by atoms with Gasteiger partial charge in [-0.3, -0.25) is 9.79 Å². The number of nitrogens with zero attached hydrogens (tertiary/aromatic N) is 1. The molecule has 1 amide bonds. The van der Waals surface area contributed by atoms with Crippen molar-refractivity contribution in [3.05, 3.63) is 35.4 Å². The third-order valence-corrected chi connectivity index (χ3v) is 5.01. The summed E-state index contributed by atoms with van der Waals surface area (Å²) in [6, 6.07) is 7.63. The topological polar surface area (TPSA) is 65.5 Å². The number of aliphatic imine (C=N–C) groups is 1. The van der Waals surface area contributed by atoms with Crippen LogP contribution in [-0.2, 0) is 6.54 Å². The molecule has 0 unspecified atom stereocenters. The van der Waals surface area contributed by atoms with Gasteiger partial charge in [-0.2, -0.15) is 0 Å². The lowest BCUT2D eigenvalue weighted by atomic mass is 9.64. The van der Waals surface area contributed by atoms with Crippen LogP contribution in [0.25, 0.3) is 0 Å². The first-order valence-electron chi connectivity index (χ1n) is 9.23. The molecule has 0 bridgehead atoms. The lowest BCUT2D eigenvalue weighted by Gasteiger charge is -2.43. The van der Waals surface area contributed by atoms with Crippen LogP contribution in [0.15, 0.2) is 29.3 Å². The summed E-state index contributed by atoms with van der Waals surface area (Å²) < 4.78 is 0. The first kappa shape index (κ1) is 19.3. The first-order valence-corrected chi connectivity index (χ1v) is 9.23. The van der Waals surface area contributed by atoms with E-state index in [0.29, 0.717) is 17.5 Å². The maximum atomic E-state index is 11.6. The number of amides is 1. The van der Waals surface area contributed by atoms with Crippen LogP contribution >= 0.6 is 0 Å². The number of rotatable bonds is 7. The van der Waals surface area contributed by atoms with Gasteiger partial charge in [-0.25, -0.2) is 0 Å². The molecule has 0 atom stereocenters. The van der Waals surface area contributed by atoms with E-state index in [-0.39, 0.29) is 5.91 Å². The summed E-state index contributed by atoms with van der Waals surface area (Å²) in [5.74, 6) is 1.51. The van der Waals surface area contributed by atoms with E-state index in [1.807, 2.05) is 24.3 Å². The van der Waals surface area contributed by atoms with Crippen LogP contribution in [-0.4, -0.2) is 32.5 Å². The van der Waals surface area contributed by atoms with Crippen molar-refractivity contribution < 1.29 is 4.79 Å². The normalized spacial score (nSPS) is 16.3. The van der Waals surface area contributed by atoms with Gasteiger partial charge in [0, 0.05) is 32.7 Å². The lowest BCUT2D eigenvalue weighted by Crippen LogP contribution is -2.46. The van der Waals surface area contributed by atoms with E-state index in [0.717, 1.165) is 24.0 Å². The van der Waals surface area contributed by atoms with E-state index in [1.54, 1.807) is 14.1 Å². The zero-order valence-corrected chi connectivity index (χ0v) is 16.0. The fourth-order valence-electron chi connectivity index (χ4n) is 3.59. The lowest BCUT2D eigenvalue weighted by molar-refractivity contribution is 0.0963. The Morgan fingerprint density at radius 2 is 1.88 bits per heavy atom. The van der Waals surface area contributed by atoms with E-state index >= 15 is 0 Å². The van der Waals surface area contributed by atoms with Crippen molar-refractivity contribution >= 4 is 11.9 Å². The number of carbonyl (C=O) groups is 1. The van der Waals surface area contributed by atoms with Crippen LogP contribution in [0.4, 0.5) is 0 Å². The molecule has 25 heavy (non-hydrogen) atoms. The molecule has 1 saturated carbocycles. The molecule has 1 aromatic rings. The Bertz CT molecular complexity index is 588. The van der Waals surface area contributed by atoms with Gasteiger partial charge in [0.15, 0.2) is 5.96 Å². The highest BCUT2D eigenvalue weighted by Crippen LogP contribution is 2.45. The molecule has 5 heteroatoms. The van der Waals surface area contributed by atoms with Crippen LogP contribution < -0.4 is 16.0 Å². The molecule has 1 aliphatic rings. The summed E-state index contributed by atoms with van der Waals surface area (Å²) in [5, 5.41) is 9.49. The summed E-state index contributed by atoms with van der Waals surface area (Å²) in [6.07, 6.45) is 5.25. The third-order valence-electron chi connectivity index (χ3n) is 5.01. The highest BCUT2D eigenvalue weighted by Gasteiger charge is 2.37. The van der Waals surface area contributed by atoms with E-state index < -0.39 is 0 Å². The minimum absolute atomic E-state index is 0.0621. The van der Waals surface area contributed by atoms with Crippen LogP contribution in [0, 0.1) is 11.3 Å². The smallest absolute Gasteiger partial charge is 0.251 e. The van der Waals surface area contributed by atoms with Crippen LogP contribution in [0.1, 0.15) is 55.5 Å². The Labute approximate surface area is 151 Å². The van der Waals surface area contributed by atoms with Crippen molar-refractivity contribution in [2.45, 2.75) is 46.1 Å². The quantitative estimate of drug-likeness (QED) is 0.526. The van der Waals surface area contributed by atoms with Crippen molar-refractivity contribution in [2.75, 3.05) is 20.6 Å². The molecule has 0 aliphatic heterocycles. The molecule has 0 radical (unpaired) electrons. The molecule has 1 aliphatic carbocycles. The number of hydrogen-bond donors (Lipinski definition) is 3. The Morgan fingerprint density at radius 1 is 1.20 bits per heavy atom. The SMILES string of the molecule is CN=C(NCc1ccc(C(=O)NC)cc1)NCC1(CC(C)C)CCC1. The van der Waals surface area contributed by atoms with Gasteiger partial charge in [0.1, 0.15) is 0 Å². The molecule has 0 heterocycles. The van der Waals surface area contributed by atoms with Crippen molar-refractivity contribution in [1.29, 1.82) is 0 Å². The van der Waals surface area contributed by atoms with E-state index in [9.17, 15) is 4.79 Å². The van der Waals surface area contributed by atoms with Gasteiger partial charge in [-0.05, 0) is 48.3 Å². The number of guanidine groups is 1. The first-order chi connectivity index (χ1) is 12.0. The second kappa shape index (κ2) is 8.88. The number of carbonyl (C=O) groups excluding carboxylic acids is 1. The zero-order chi connectivity index (χ0) is 18.3. The molecule has 1 aromatic carbocycles. The third kappa shape index (κ3) is 5.48. The zero-order valence-electron chi connectivity index (χ0n) is 16.0. The van der Waals surface area contributed by atoms with Crippen LogP contribution in [0.2, 0.25) is 0 Å². The van der Waals surface area contributed by atoms with Crippen molar-refractivity contribution in [3.8, 4) is 0 Å². The Kier molecular flexibility index (Phi) is 6.85. The van der Waals surface area contributed by atoms with Gasteiger partial charge in [-0.15, -0.1) is 0 Å². The van der Waals surface area contributed by atoms with Gasteiger partial charge in [-0.1, -0.05) is 32.4 Å². The summed E-state index contributed by atoms with van der Waals surface area (Å²) >= 11 is 0. The summed E-state index contributed by atoms with van der Waals surface area (Å²) in [6.45, 7) is 6.27. The average molecular weight is 345 g/mol. The van der Waals surface area contributed by atoms with Crippen molar-refractivity contribution in [3.63, 3.8) is 0 Å². The monoisotopic (exact) mass is 344 g/mol. The molecule has 0 spiro atoms. The maximum Gasteiger partial charge on any atom is 0.251 e. The van der Waals surface area contributed by atoms with Gasteiger partial charge < -0.3 is 16.0 Å². The van der Waals surface area contributed by atoms with Crippen LogP contribution in [0.5, 0.6) is 0 Å². The number of hydrogen-bond acceptors (Lipinski definition) is 2. The van der Waals surface area contributed by atoms with Crippen molar-refractivity contribution in [1.82, 2.24) is 16.0 Å². The fraction of sp³-hybridized carbons (Fsp3) is 0.600. The fourth-order valence-corrected chi connectivity index (χ4v) is 3.59. The Hall–Kier alpha value is -2.04. The Morgan fingerprint density at radius 3 is 2.36 bits per heavy atom. The van der Waals surface area contributed by atoms with E-state index in [4.69, 9.17) is 0 Å².